The van der Waals surface area contributed by atoms with E-state index in [1.54, 1.807) is 6.08 Å². The molecule has 2 aliphatic rings. The number of aliphatic hydroxyl groups is 1. The smallest absolute Gasteiger partial charge is 0.238 e. The minimum atomic E-state index is -1.35. The first kappa shape index (κ1) is 13.8. The highest BCUT2D eigenvalue weighted by Crippen LogP contribution is 2.36. The molecule has 1 unspecified atom stereocenters. The predicted octanol–water partition coefficient (Wildman–Crippen LogP) is 4.08. The summed E-state index contributed by atoms with van der Waals surface area (Å²) in [6.45, 7) is 0. The van der Waals surface area contributed by atoms with Gasteiger partial charge in [0, 0.05) is 11.8 Å². The monoisotopic (exact) mass is 295 g/mol. The van der Waals surface area contributed by atoms with Crippen molar-refractivity contribution in [2.45, 2.75) is 43.9 Å². The van der Waals surface area contributed by atoms with Gasteiger partial charge in [-0.3, -0.25) is 5.06 Å². The van der Waals surface area contributed by atoms with Crippen molar-refractivity contribution in [1.29, 1.82) is 0 Å². The van der Waals surface area contributed by atoms with Crippen LogP contribution in [0.5, 0.6) is 0 Å². The molecule has 1 atom stereocenters. The number of rotatable bonds is 2. The molecule has 0 saturated heterocycles. The van der Waals surface area contributed by atoms with Crippen molar-refractivity contribution >= 4 is 10.8 Å². The molecular formula is C19H21NO2. The number of fused-ring (bicyclic) bond motifs is 1. The zero-order valence-electron chi connectivity index (χ0n) is 12.6. The van der Waals surface area contributed by atoms with Crippen molar-refractivity contribution in [2.24, 2.45) is 0 Å². The van der Waals surface area contributed by atoms with E-state index < -0.39 is 5.79 Å². The molecule has 0 amide bonds. The average molecular weight is 295 g/mol. The molecule has 3 heteroatoms. The van der Waals surface area contributed by atoms with Crippen LogP contribution in [0.3, 0.4) is 0 Å². The van der Waals surface area contributed by atoms with Crippen LogP contribution in [-0.4, -0.2) is 16.2 Å². The van der Waals surface area contributed by atoms with Crippen molar-refractivity contribution in [3.05, 3.63) is 60.3 Å². The standard InChI is InChI=1S/C19H21NO2/c21-19(12-13-20(22-19)18-8-2-1-3-9-18)17-11-10-15-6-4-5-7-16(15)14-17/h4-7,10-14,18,21H,1-3,8-9H2. The second-order valence-electron chi connectivity index (χ2n) is 6.32. The average Bonchev–Trinajstić information content (AvgIpc) is 2.99. The summed E-state index contributed by atoms with van der Waals surface area (Å²) < 4.78 is 0. The first-order valence-electron chi connectivity index (χ1n) is 8.13. The van der Waals surface area contributed by atoms with Gasteiger partial charge in [-0.25, -0.2) is 4.84 Å². The summed E-state index contributed by atoms with van der Waals surface area (Å²) in [6.07, 6.45) is 9.72. The highest BCUT2D eigenvalue weighted by molar-refractivity contribution is 5.83. The van der Waals surface area contributed by atoms with E-state index in [1.165, 1.54) is 24.6 Å². The SMILES string of the molecule is OC1(c2ccc3ccccc3c2)C=CN(C2CCCCC2)O1. The molecule has 114 valence electrons. The molecule has 2 aromatic carbocycles. The highest BCUT2D eigenvalue weighted by atomic mass is 16.8. The van der Waals surface area contributed by atoms with E-state index in [2.05, 4.69) is 12.1 Å². The molecule has 0 bridgehead atoms. The summed E-state index contributed by atoms with van der Waals surface area (Å²) in [6, 6.07) is 14.5. The summed E-state index contributed by atoms with van der Waals surface area (Å²) in [7, 11) is 0. The third-order valence-electron chi connectivity index (χ3n) is 4.79. The Balaban J connectivity index is 1.59. The molecule has 0 aromatic heterocycles. The normalized spacial score (nSPS) is 26.0. The second-order valence-corrected chi connectivity index (χ2v) is 6.32. The predicted molar refractivity (Wildman–Crippen MR) is 86.8 cm³/mol. The van der Waals surface area contributed by atoms with Crippen LogP contribution in [0.2, 0.25) is 0 Å². The lowest BCUT2D eigenvalue weighted by Gasteiger charge is -2.32. The number of benzene rings is 2. The van der Waals surface area contributed by atoms with Gasteiger partial charge in [-0.2, -0.15) is 0 Å². The fourth-order valence-electron chi connectivity index (χ4n) is 3.49. The molecule has 1 fully saturated rings. The van der Waals surface area contributed by atoms with Gasteiger partial charge >= 0.3 is 0 Å². The minimum Gasteiger partial charge on any atom is -0.357 e. The van der Waals surface area contributed by atoms with Crippen molar-refractivity contribution < 1.29 is 9.94 Å². The minimum absolute atomic E-state index is 0.388. The van der Waals surface area contributed by atoms with E-state index in [1.807, 2.05) is 41.6 Å². The van der Waals surface area contributed by atoms with E-state index in [4.69, 9.17) is 4.84 Å². The summed E-state index contributed by atoms with van der Waals surface area (Å²) in [5.41, 5.74) is 0.778. The van der Waals surface area contributed by atoms with Crippen molar-refractivity contribution in [3.8, 4) is 0 Å². The quantitative estimate of drug-likeness (QED) is 0.906. The fourth-order valence-corrected chi connectivity index (χ4v) is 3.49. The third-order valence-corrected chi connectivity index (χ3v) is 4.79. The van der Waals surface area contributed by atoms with Gasteiger partial charge in [-0.15, -0.1) is 0 Å². The molecule has 1 heterocycles. The van der Waals surface area contributed by atoms with Gasteiger partial charge in [0.2, 0.25) is 5.79 Å². The number of hydrogen-bond acceptors (Lipinski definition) is 3. The van der Waals surface area contributed by atoms with E-state index >= 15 is 0 Å². The van der Waals surface area contributed by atoms with E-state index in [9.17, 15) is 5.11 Å². The topological polar surface area (TPSA) is 32.7 Å². The second kappa shape index (κ2) is 5.41. The Morgan fingerprint density at radius 1 is 1.00 bits per heavy atom. The maximum absolute atomic E-state index is 10.9. The van der Waals surface area contributed by atoms with Crippen molar-refractivity contribution in [3.63, 3.8) is 0 Å². The van der Waals surface area contributed by atoms with Gasteiger partial charge in [-0.05, 0) is 35.8 Å². The third kappa shape index (κ3) is 2.40. The largest absolute Gasteiger partial charge is 0.357 e. The van der Waals surface area contributed by atoms with Gasteiger partial charge in [0.05, 0.1) is 6.04 Å². The number of hydrogen-bond donors (Lipinski definition) is 1. The Morgan fingerprint density at radius 3 is 2.59 bits per heavy atom. The molecular weight excluding hydrogens is 274 g/mol. The summed E-state index contributed by atoms with van der Waals surface area (Å²) >= 11 is 0. The molecule has 22 heavy (non-hydrogen) atoms. The van der Waals surface area contributed by atoms with Gasteiger partial charge in [-0.1, -0.05) is 55.7 Å². The first-order valence-corrected chi connectivity index (χ1v) is 8.13. The van der Waals surface area contributed by atoms with Gasteiger partial charge < -0.3 is 5.11 Å². The number of hydroxylamine groups is 2. The zero-order chi connectivity index (χ0) is 15.0. The van der Waals surface area contributed by atoms with E-state index in [0.29, 0.717) is 6.04 Å². The van der Waals surface area contributed by atoms with Crippen LogP contribution >= 0.6 is 0 Å². The Hall–Kier alpha value is -1.84. The fraction of sp³-hybridized carbons (Fsp3) is 0.368. The highest BCUT2D eigenvalue weighted by Gasteiger charge is 2.37. The zero-order valence-corrected chi connectivity index (χ0v) is 12.6. The molecule has 3 nitrogen and oxygen atoms in total. The Bertz CT molecular complexity index is 705. The lowest BCUT2D eigenvalue weighted by atomic mass is 9.95. The van der Waals surface area contributed by atoms with E-state index in [0.717, 1.165) is 23.8 Å². The summed E-state index contributed by atoms with van der Waals surface area (Å²) in [4.78, 5) is 5.90. The molecule has 1 aliphatic carbocycles. The van der Waals surface area contributed by atoms with Gasteiger partial charge in [0.15, 0.2) is 0 Å². The summed E-state index contributed by atoms with van der Waals surface area (Å²) in [5.74, 6) is -1.35. The van der Waals surface area contributed by atoms with Crippen LogP contribution in [0.4, 0.5) is 0 Å². The lowest BCUT2D eigenvalue weighted by Crippen LogP contribution is -2.36. The molecule has 1 aliphatic heterocycles. The van der Waals surface area contributed by atoms with Crippen LogP contribution in [0.15, 0.2) is 54.7 Å². The molecule has 0 radical (unpaired) electrons. The maximum atomic E-state index is 10.9. The van der Waals surface area contributed by atoms with Crippen LogP contribution in [0.1, 0.15) is 37.7 Å². The van der Waals surface area contributed by atoms with Crippen LogP contribution in [0, 0.1) is 0 Å². The molecule has 4 rings (SSSR count). The maximum Gasteiger partial charge on any atom is 0.238 e. The van der Waals surface area contributed by atoms with Gasteiger partial charge in [0.1, 0.15) is 0 Å². The van der Waals surface area contributed by atoms with Crippen molar-refractivity contribution in [1.82, 2.24) is 5.06 Å². The molecule has 1 saturated carbocycles. The first-order chi connectivity index (χ1) is 10.7. The molecule has 0 spiro atoms. The van der Waals surface area contributed by atoms with Crippen LogP contribution < -0.4 is 0 Å². The Labute approximate surface area is 130 Å². The lowest BCUT2D eigenvalue weighted by molar-refractivity contribution is -0.291. The van der Waals surface area contributed by atoms with E-state index in [-0.39, 0.29) is 0 Å². The van der Waals surface area contributed by atoms with Crippen molar-refractivity contribution in [2.75, 3.05) is 0 Å². The number of nitrogens with zero attached hydrogens (tertiary/aromatic N) is 1. The van der Waals surface area contributed by atoms with Crippen LogP contribution in [-0.2, 0) is 10.6 Å². The Kier molecular flexibility index (Phi) is 3.40. The summed E-state index contributed by atoms with van der Waals surface area (Å²) in [5, 5.41) is 15.0. The Morgan fingerprint density at radius 2 is 1.77 bits per heavy atom. The molecule has 2 aromatic rings. The van der Waals surface area contributed by atoms with Crippen LogP contribution in [0.25, 0.3) is 10.8 Å². The molecule has 1 N–H and O–H groups in total. The van der Waals surface area contributed by atoms with Gasteiger partial charge in [0.25, 0.3) is 0 Å².